The lowest BCUT2D eigenvalue weighted by Crippen LogP contribution is -2.02. The second kappa shape index (κ2) is 5.19. The summed E-state index contributed by atoms with van der Waals surface area (Å²) in [5.74, 6) is 0. The predicted octanol–water partition coefficient (Wildman–Crippen LogP) is 3.44. The summed E-state index contributed by atoms with van der Waals surface area (Å²) in [5, 5.41) is -0.282. The quantitative estimate of drug-likeness (QED) is 0.610. The second-order valence-electron chi connectivity index (χ2n) is 3.11. The van der Waals surface area contributed by atoms with Crippen LogP contribution in [-0.2, 0) is 11.8 Å². The molecule has 0 aromatic heterocycles. The average molecular weight is 230 g/mol. The van der Waals surface area contributed by atoms with Crippen molar-refractivity contribution in [1.29, 1.82) is 0 Å². The fourth-order valence-electron chi connectivity index (χ4n) is 1.16. The highest BCUT2D eigenvalue weighted by molar-refractivity contribution is 8.65. The van der Waals surface area contributed by atoms with Crippen LogP contribution in [0, 0.1) is 0 Å². The minimum atomic E-state index is -1.53. The molecule has 0 aliphatic rings. The van der Waals surface area contributed by atoms with Gasteiger partial charge in [-0.05, 0) is 17.9 Å². The molecule has 3 heteroatoms. The van der Waals surface area contributed by atoms with Crippen LogP contribution in [0.15, 0.2) is 30.3 Å². The summed E-state index contributed by atoms with van der Waals surface area (Å²) in [4.78, 5) is 0. The lowest BCUT2D eigenvalue weighted by molar-refractivity contribution is 0.894. The van der Waals surface area contributed by atoms with Crippen LogP contribution < -0.4 is 5.30 Å². The molecule has 1 atom stereocenters. The summed E-state index contributed by atoms with van der Waals surface area (Å²) in [5.41, 5.74) is 0. The summed E-state index contributed by atoms with van der Waals surface area (Å²) >= 11 is 10.2. The molecule has 13 heavy (non-hydrogen) atoms. The third-order valence-electron chi connectivity index (χ3n) is 1.97. The van der Waals surface area contributed by atoms with E-state index in [0.29, 0.717) is 0 Å². The fourth-order valence-corrected chi connectivity index (χ4v) is 4.38. The normalized spacial score (nSPS) is 15.2. The molecule has 1 aromatic rings. The lowest BCUT2D eigenvalue weighted by Gasteiger charge is -2.15. The number of hydrogen-bond acceptors (Lipinski definition) is 1. The Labute approximate surface area is 90.9 Å². The number of hydrogen-bond donors (Lipinski definition) is 1. The Balaban J connectivity index is 2.76. The number of benzene rings is 1. The van der Waals surface area contributed by atoms with Gasteiger partial charge in [0, 0.05) is 5.24 Å². The maximum absolute atomic E-state index is 5.55. The monoisotopic (exact) mass is 230 g/mol. The molecule has 0 spiro atoms. The zero-order valence-electron chi connectivity index (χ0n) is 7.81. The van der Waals surface area contributed by atoms with Gasteiger partial charge in [-0.3, -0.25) is 0 Å². The van der Waals surface area contributed by atoms with Gasteiger partial charge >= 0.3 is 0 Å². The molecule has 1 aromatic carbocycles. The Morgan fingerprint density at radius 3 is 2.46 bits per heavy atom. The summed E-state index contributed by atoms with van der Waals surface area (Å²) < 4.78 is 0. The summed E-state index contributed by atoms with van der Waals surface area (Å²) in [6.45, 7) is 2.19. The highest BCUT2D eigenvalue weighted by Gasteiger charge is 2.12. The summed E-state index contributed by atoms with van der Waals surface area (Å²) in [7, 11) is 0. The minimum absolute atomic E-state index is 1.08. The van der Waals surface area contributed by atoms with Crippen LogP contribution in [0.1, 0.15) is 19.8 Å². The highest BCUT2D eigenvalue weighted by atomic mass is 32.9. The van der Waals surface area contributed by atoms with Crippen molar-refractivity contribution in [3.8, 4) is 0 Å². The van der Waals surface area contributed by atoms with Gasteiger partial charge in [0.2, 0.25) is 0 Å². The van der Waals surface area contributed by atoms with Crippen molar-refractivity contribution in [2.24, 2.45) is 0 Å². The lowest BCUT2D eigenvalue weighted by atomic mass is 10.4. The maximum atomic E-state index is 5.55. The molecular weight excluding hydrogens is 215 g/mol. The summed E-state index contributed by atoms with van der Waals surface area (Å²) in [6, 6.07) is 10.3. The van der Waals surface area contributed by atoms with Crippen LogP contribution >= 0.6 is 17.5 Å². The van der Waals surface area contributed by atoms with Crippen molar-refractivity contribution in [3.63, 3.8) is 0 Å². The third kappa shape index (κ3) is 3.46. The van der Waals surface area contributed by atoms with Gasteiger partial charge in [0.25, 0.3) is 0 Å². The third-order valence-corrected chi connectivity index (χ3v) is 6.47. The Hall–Kier alpha value is 0.220. The SMILES string of the molecule is CCCCP(=S)(S)c1ccccc1. The topological polar surface area (TPSA) is 0 Å². The number of rotatable bonds is 4. The predicted molar refractivity (Wildman–Crippen MR) is 69.1 cm³/mol. The van der Waals surface area contributed by atoms with Gasteiger partial charge < -0.3 is 0 Å². The van der Waals surface area contributed by atoms with Gasteiger partial charge in [-0.25, -0.2) is 0 Å². The summed E-state index contributed by atoms with van der Waals surface area (Å²) in [6.07, 6.45) is 3.47. The minimum Gasteiger partial charge on any atom is -0.137 e. The van der Waals surface area contributed by atoms with E-state index in [4.69, 9.17) is 11.8 Å². The van der Waals surface area contributed by atoms with Crippen molar-refractivity contribution < 1.29 is 0 Å². The van der Waals surface area contributed by atoms with Crippen molar-refractivity contribution in [2.45, 2.75) is 19.8 Å². The van der Waals surface area contributed by atoms with E-state index < -0.39 is 5.24 Å². The molecule has 0 aliphatic heterocycles. The van der Waals surface area contributed by atoms with Gasteiger partial charge in [0.05, 0.1) is 0 Å². The first-order chi connectivity index (χ1) is 6.17. The van der Waals surface area contributed by atoms with Crippen LogP contribution in [0.25, 0.3) is 0 Å². The van der Waals surface area contributed by atoms with E-state index in [-0.39, 0.29) is 0 Å². The van der Waals surface area contributed by atoms with Crippen LogP contribution in [0.5, 0.6) is 0 Å². The Bertz CT molecular complexity index is 295. The zero-order valence-corrected chi connectivity index (χ0v) is 10.4. The van der Waals surface area contributed by atoms with Crippen molar-refractivity contribution >= 4 is 34.6 Å². The van der Waals surface area contributed by atoms with Crippen LogP contribution in [0.3, 0.4) is 0 Å². The molecule has 0 bridgehead atoms. The van der Waals surface area contributed by atoms with Gasteiger partial charge in [-0.1, -0.05) is 55.5 Å². The molecule has 1 rings (SSSR count). The molecule has 0 saturated heterocycles. The van der Waals surface area contributed by atoms with E-state index in [0.717, 1.165) is 6.16 Å². The molecule has 0 fully saturated rings. The van der Waals surface area contributed by atoms with Crippen molar-refractivity contribution in [2.75, 3.05) is 6.16 Å². The molecule has 0 aliphatic carbocycles. The van der Waals surface area contributed by atoms with E-state index in [9.17, 15) is 0 Å². The van der Waals surface area contributed by atoms with E-state index in [1.165, 1.54) is 18.1 Å². The first-order valence-electron chi connectivity index (χ1n) is 4.54. The number of unbranched alkanes of at least 4 members (excludes halogenated alkanes) is 1. The van der Waals surface area contributed by atoms with Crippen LogP contribution in [0.4, 0.5) is 0 Å². The standard InChI is InChI=1S/C10H15PS2/c1-2-3-9-11(12,13)10-7-5-4-6-8-10/h4-8H,2-3,9H2,1H3,(H,12,13). The Kier molecular flexibility index (Phi) is 4.51. The van der Waals surface area contributed by atoms with Gasteiger partial charge in [-0.2, -0.15) is 0 Å². The van der Waals surface area contributed by atoms with E-state index >= 15 is 0 Å². The molecule has 0 N–H and O–H groups in total. The van der Waals surface area contributed by atoms with Gasteiger partial charge in [0.1, 0.15) is 0 Å². The largest absolute Gasteiger partial charge is 0.137 e. The molecule has 0 heterocycles. The highest BCUT2D eigenvalue weighted by Crippen LogP contribution is 2.50. The van der Waals surface area contributed by atoms with E-state index in [1.54, 1.807) is 0 Å². The average Bonchev–Trinajstić information content (AvgIpc) is 2.16. The van der Waals surface area contributed by atoms with Crippen LogP contribution in [0.2, 0.25) is 0 Å². The Morgan fingerprint density at radius 1 is 1.31 bits per heavy atom. The smallest absolute Gasteiger partial charge is 0.0308 e. The first kappa shape index (κ1) is 11.3. The molecule has 72 valence electrons. The maximum Gasteiger partial charge on any atom is 0.0308 e. The van der Waals surface area contributed by atoms with Crippen molar-refractivity contribution in [1.82, 2.24) is 0 Å². The molecular formula is C10H15PS2. The zero-order chi connectivity index (χ0) is 9.73. The van der Waals surface area contributed by atoms with E-state index in [2.05, 4.69) is 31.3 Å². The second-order valence-corrected chi connectivity index (χ2v) is 10.2. The van der Waals surface area contributed by atoms with Gasteiger partial charge in [-0.15, -0.1) is 12.2 Å². The fraction of sp³-hybridized carbons (Fsp3) is 0.400. The molecule has 1 unspecified atom stereocenters. The van der Waals surface area contributed by atoms with Crippen molar-refractivity contribution in [3.05, 3.63) is 30.3 Å². The molecule has 0 saturated carbocycles. The van der Waals surface area contributed by atoms with Crippen LogP contribution in [-0.4, -0.2) is 6.16 Å². The first-order valence-corrected chi connectivity index (χ1v) is 8.68. The Morgan fingerprint density at radius 2 is 1.92 bits per heavy atom. The van der Waals surface area contributed by atoms with Gasteiger partial charge in [0.15, 0.2) is 0 Å². The molecule has 0 nitrogen and oxygen atoms in total. The van der Waals surface area contributed by atoms with E-state index in [1.807, 2.05) is 18.2 Å². The molecule has 0 radical (unpaired) electrons. The number of thiol groups is 1. The molecule has 0 amide bonds.